The monoisotopic (exact) mass is 387 g/mol. The highest BCUT2D eigenvalue weighted by Gasteiger charge is 2.20. The largest absolute Gasteiger partial charge is 0.247 e. The van der Waals surface area contributed by atoms with Crippen LogP contribution in [0.3, 0.4) is 0 Å². The summed E-state index contributed by atoms with van der Waals surface area (Å²) in [5, 5.41) is 1.20. The van der Waals surface area contributed by atoms with E-state index in [1.807, 2.05) is 12.1 Å². The van der Waals surface area contributed by atoms with Crippen LogP contribution in [-0.4, -0.2) is 9.97 Å². The van der Waals surface area contributed by atoms with E-state index in [0.29, 0.717) is 5.15 Å². The molecular weight excluding hydrogens is 371 g/mol. The van der Waals surface area contributed by atoms with E-state index >= 15 is 0 Å². The second kappa shape index (κ2) is 6.99. The summed E-state index contributed by atoms with van der Waals surface area (Å²) in [6.45, 7) is 0. The van der Waals surface area contributed by atoms with E-state index in [0.717, 1.165) is 33.3 Å². The Morgan fingerprint density at radius 2 is 1.50 bits per heavy atom. The van der Waals surface area contributed by atoms with Crippen molar-refractivity contribution in [3.8, 4) is 22.4 Å². The van der Waals surface area contributed by atoms with Crippen molar-refractivity contribution in [2.45, 2.75) is 19.3 Å². The van der Waals surface area contributed by atoms with Crippen LogP contribution in [0.25, 0.3) is 33.3 Å². The Morgan fingerprint density at radius 1 is 0.821 bits per heavy atom. The number of fused-ring (bicyclic) bond motifs is 1. The summed E-state index contributed by atoms with van der Waals surface area (Å²) in [5.41, 5.74) is 5.78. The fourth-order valence-electron chi connectivity index (χ4n) is 3.64. The molecule has 5 rings (SSSR count). The zero-order chi connectivity index (χ0) is 19.1. The first kappa shape index (κ1) is 17.3. The Morgan fingerprint density at radius 3 is 2.18 bits per heavy atom. The van der Waals surface area contributed by atoms with Gasteiger partial charge in [-0.2, -0.15) is 0 Å². The molecule has 1 fully saturated rings. The summed E-state index contributed by atoms with van der Waals surface area (Å²) in [6, 6.07) is 18.9. The van der Waals surface area contributed by atoms with Gasteiger partial charge in [0.15, 0.2) is 0 Å². The van der Waals surface area contributed by atoms with Crippen LogP contribution in [0, 0.1) is 11.7 Å². The van der Waals surface area contributed by atoms with Gasteiger partial charge >= 0.3 is 0 Å². The van der Waals surface area contributed by atoms with Crippen LogP contribution in [0.5, 0.6) is 0 Å². The minimum Gasteiger partial charge on any atom is -0.247 e. The topological polar surface area (TPSA) is 25.8 Å². The highest BCUT2D eigenvalue weighted by atomic mass is 35.5. The number of nitrogens with zero attached hydrogens (tertiary/aromatic N) is 2. The van der Waals surface area contributed by atoms with Crippen molar-refractivity contribution in [1.29, 1.82) is 0 Å². The van der Waals surface area contributed by atoms with Gasteiger partial charge in [0.2, 0.25) is 0 Å². The van der Waals surface area contributed by atoms with Gasteiger partial charge in [-0.3, -0.25) is 0 Å². The standard InChI is InChI=1S/C24H17ClFN2/c25-24-21-14-20(17-8-10-19(26)11-9-17)23(28-22(21)12-13-27-24)18-6-4-16(5-7-18)15-2-1-3-15/h4-14H,1-3H2. The molecule has 0 N–H and O–H groups in total. The van der Waals surface area contributed by atoms with Gasteiger partial charge in [0.25, 0.3) is 0 Å². The maximum atomic E-state index is 13.5. The molecule has 0 aliphatic heterocycles. The van der Waals surface area contributed by atoms with E-state index in [-0.39, 0.29) is 5.82 Å². The van der Waals surface area contributed by atoms with Gasteiger partial charge in [-0.25, -0.2) is 14.4 Å². The number of hydrogen-bond donors (Lipinski definition) is 0. The molecule has 2 aromatic heterocycles. The molecule has 0 spiro atoms. The molecule has 4 aromatic rings. The van der Waals surface area contributed by atoms with Crippen LogP contribution < -0.4 is 0 Å². The molecule has 2 nitrogen and oxygen atoms in total. The number of rotatable bonds is 3. The minimum absolute atomic E-state index is 0.263. The molecule has 2 aromatic carbocycles. The number of benzene rings is 2. The molecule has 1 aliphatic carbocycles. The van der Waals surface area contributed by atoms with Gasteiger partial charge < -0.3 is 0 Å². The second-order valence-corrected chi connectivity index (χ2v) is 7.45. The Hall–Kier alpha value is -2.78. The van der Waals surface area contributed by atoms with Crippen molar-refractivity contribution < 1.29 is 4.39 Å². The maximum absolute atomic E-state index is 13.5. The van der Waals surface area contributed by atoms with E-state index in [1.165, 1.54) is 42.9 Å². The second-order valence-electron chi connectivity index (χ2n) is 7.09. The van der Waals surface area contributed by atoms with Crippen LogP contribution in [0.4, 0.5) is 4.39 Å². The van der Waals surface area contributed by atoms with Crippen molar-refractivity contribution in [2.75, 3.05) is 0 Å². The van der Waals surface area contributed by atoms with Crippen molar-refractivity contribution in [3.63, 3.8) is 0 Å². The molecule has 137 valence electrons. The van der Waals surface area contributed by atoms with Gasteiger partial charge in [-0.1, -0.05) is 54.4 Å². The molecule has 1 saturated carbocycles. The lowest BCUT2D eigenvalue weighted by atomic mass is 9.80. The average molecular weight is 388 g/mol. The molecule has 2 heterocycles. The minimum atomic E-state index is -0.263. The van der Waals surface area contributed by atoms with Gasteiger partial charge in [0.05, 0.1) is 11.2 Å². The normalized spacial score (nSPS) is 14.2. The van der Waals surface area contributed by atoms with Crippen LogP contribution in [0.15, 0.2) is 66.9 Å². The molecular formula is C24H17ClFN2. The zero-order valence-electron chi connectivity index (χ0n) is 15.1. The van der Waals surface area contributed by atoms with Crippen molar-refractivity contribution in [2.24, 2.45) is 0 Å². The smallest absolute Gasteiger partial charge is 0.138 e. The summed E-state index contributed by atoms with van der Waals surface area (Å²) in [5.74, 6) is 1.26. The lowest BCUT2D eigenvalue weighted by Gasteiger charge is -2.25. The van der Waals surface area contributed by atoms with E-state index < -0.39 is 0 Å². The van der Waals surface area contributed by atoms with E-state index in [9.17, 15) is 4.39 Å². The quantitative estimate of drug-likeness (QED) is 0.359. The van der Waals surface area contributed by atoms with Gasteiger partial charge in [0, 0.05) is 28.6 Å². The summed E-state index contributed by atoms with van der Waals surface area (Å²) in [4.78, 5) is 9.06. The van der Waals surface area contributed by atoms with Crippen molar-refractivity contribution in [1.82, 2.24) is 9.97 Å². The third-order valence-corrected chi connectivity index (χ3v) is 5.67. The SMILES string of the molecule is Fc1ccc(-c2cc3c(Cl)nccc3nc2-c2ccc([C]3CCC3)cc2)cc1. The predicted molar refractivity (Wildman–Crippen MR) is 112 cm³/mol. The predicted octanol–water partition coefficient (Wildman–Crippen LogP) is 6.86. The van der Waals surface area contributed by atoms with Gasteiger partial charge in [-0.15, -0.1) is 0 Å². The van der Waals surface area contributed by atoms with E-state index in [2.05, 4.69) is 29.2 Å². The highest BCUT2D eigenvalue weighted by molar-refractivity contribution is 6.34. The van der Waals surface area contributed by atoms with Gasteiger partial charge in [0.1, 0.15) is 11.0 Å². The van der Waals surface area contributed by atoms with Crippen LogP contribution in [-0.2, 0) is 0 Å². The Kier molecular flexibility index (Phi) is 4.33. The lowest BCUT2D eigenvalue weighted by Crippen LogP contribution is -2.09. The summed E-state index contributed by atoms with van der Waals surface area (Å²) >= 11 is 6.30. The number of pyridine rings is 2. The first-order valence-electron chi connectivity index (χ1n) is 9.36. The third-order valence-electron chi connectivity index (χ3n) is 5.37. The van der Waals surface area contributed by atoms with Crippen molar-refractivity contribution >= 4 is 22.5 Å². The van der Waals surface area contributed by atoms with Crippen LogP contribution in [0.2, 0.25) is 5.15 Å². The van der Waals surface area contributed by atoms with E-state index in [4.69, 9.17) is 16.6 Å². The first-order valence-corrected chi connectivity index (χ1v) is 9.73. The zero-order valence-corrected chi connectivity index (χ0v) is 15.9. The molecule has 4 heteroatoms. The molecule has 1 aliphatic rings. The fraction of sp³-hybridized carbons (Fsp3) is 0.125. The van der Waals surface area contributed by atoms with Crippen molar-refractivity contribution in [3.05, 3.63) is 89.3 Å². The third kappa shape index (κ3) is 3.06. The molecule has 0 unspecified atom stereocenters. The fourth-order valence-corrected chi connectivity index (χ4v) is 3.85. The highest BCUT2D eigenvalue weighted by Crippen LogP contribution is 2.38. The maximum Gasteiger partial charge on any atom is 0.138 e. The van der Waals surface area contributed by atoms with Crippen LogP contribution in [0.1, 0.15) is 24.8 Å². The van der Waals surface area contributed by atoms with Crippen LogP contribution >= 0.6 is 11.6 Å². The number of hydrogen-bond acceptors (Lipinski definition) is 2. The molecule has 0 atom stereocenters. The first-order chi connectivity index (χ1) is 13.7. The molecule has 0 saturated heterocycles. The molecule has 0 bridgehead atoms. The molecule has 1 radical (unpaired) electrons. The summed E-state index contributed by atoms with van der Waals surface area (Å²) in [6.07, 6.45) is 5.34. The number of halogens is 2. The summed E-state index contributed by atoms with van der Waals surface area (Å²) < 4.78 is 13.5. The Balaban J connectivity index is 1.69. The van der Waals surface area contributed by atoms with Gasteiger partial charge in [-0.05, 0) is 48.2 Å². The Bertz CT molecular complexity index is 1150. The number of aromatic nitrogens is 2. The summed E-state index contributed by atoms with van der Waals surface area (Å²) in [7, 11) is 0. The average Bonchev–Trinajstić information content (AvgIpc) is 2.67. The molecule has 28 heavy (non-hydrogen) atoms. The molecule has 0 amide bonds. The lowest BCUT2D eigenvalue weighted by molar-refractivity contribution is 0.577. The van der Waals surface area contributed by atoms with E-state index in [1.54, 1.807) is 18.3 Å². The Labute approximate surface area is 168 Å².